The van der Waals surface area contributed by atoms with Crippen LogP contribution in [-0.2, 0) is 0 Å². The summed E-state index contributed by atoms with van der Waals surface area (Å²) >= 11 is 1.41. The third-order valence-electron chi connectivity index (χ3n) is 2.86. The van der Waals surface area contributed by atoms with Gasteiger partial charge < -0.3 is 0 Å². The van der Waals surface area contributed by atoms with Gasteiger partial charge in [0.05, 0.1) is 16.3 Å². The Balaban J connectivity index is 1.84. The maximum atomic E-state index is 12.1. The van der Waals surface area contributed by atoms with E-state index in [1.165, 1.54) is 11.3 Å². The van der Waals surface area contributed by atoms with Crippen LogP contribution in [0.3, 0.4) is 0 Å². The second-order valence-corrected chi connectivity index (χ2v) is 5.34. The first kappa shape index (κ1) is 13.4. The molecule has 6 heteroatoms. The molecule has 3 rings (SSSR count). The number of thiazole rings is 1. The van der Waals surface area contributed by atoms with Gasteiger partial charge in [-0.3, -0.25) is 20.1 Å². The number of hydrogen-bond acceptors (Lipinski definition) is 5. The Labute approximate surface area is 125 Å². The molecule has 3 heterocycles. The van der Waals surface area contributed by atoms with E-state index < -0.39 is 0 Å². The topological polar surface area (TPSA) is 67.8 Å². The maximum absolute atomic E-state index is 12.1. The molecule has 21 heavy (non-hydrogen) atoms. The van der Waals surface area contributed by atoms with Crippen molar-refractivity contribution in [2.75, 3.05) is 5.32 Å². The van der Waals surface area contributed by atoms with E-state index in [4.69, 9.17) is 0 Å². The third-order valence-corrected chi connectivity index (χ3v) is 3.95. The zero-order valence-corrected chi connectivity index (χ0v) is 12.1. The van der Waals surface area contributed by atoms with Crippen LogP contribution >= 0.6 is 11.3 Å². The van der Waals surface area contributed by atoms with Crippen molar-refractivity contribution < 1.29 is 4.79 Å². The van der Waals surface area contributed by atoms with Crippen molar-refractivity contribution >= 4 is 22.4 Å². The fraction of sp³-hybridized carbons (Fsp3) is 0.0667. The van der Waals surface area contributed by atoms with E-state index in [2.05, 4.69) is 20.3 Å². The van der Waals surface area contributed by atoms with E-state index in [0.29, 0.717) is 10.7 Å². The molecule has 0 aliphatic carbocycles. The predicted molar refractivity (Wildman–Crippen MR) is 82.3 cm³/mol. The first-order valence-corrected chi connectivity index (χ1v) is 7.16. The van der Waals surface area contributed by atoms with Crippen LogP contribution in [0.2, 0.25) is 0 Å². The van der Waals surface area contributed by atoms with Gasteiger partial charge in [-0.15, -0.1) is 0 Å². The van der Waals surface area contributed by atoms with Crippen molar-refractivity contribution in [2.45, 2.75) is 6.92 Å². The van der Waals surface area contributed by atoms with Gasteiger partial charge in [0.15, 0.2) is 5.13 Å². The first-order valence-electron chi connectivity index (χ1n) is 6.34. The van der Waals surface area contributed by atoms with Gasteiger partial charge in [-0.25, -0.2) is 4.98 Å². The molecule has 3 aromatic rings. The highest BCUT2D eigenvalue weighted by Crippen LogP contribution is 2.31. The molecule has 0 bridgehead atoms. The molecule has 0 saturated heterocycles. The summed E-state index contributed by atoms with van der Waals surface area (Å²) in [7, 11) is 0. The van der Waals surface area contributed by atoms with Crippen LogP contribution in [0, 0.1) is 6.92 Å². The summed E-state index contributed by atoms with van der Waals surface area (Å²) in [5.74, 6) is -0.196. The lowest BCUT2D eigenvalue weighted by Crippen LogP contribution is -2.11. The zero-order chi connectivity index (χ0) is 14.7. The lowest BCUT2D eigenvalue weighted by atomic mass is 10.2. The van der Waals surface area contributed by atoms with Crippen LogP contribution in [0.4, 0.5) is 5.13 Å². The molecule has 5 nitrogen and oxygen atoms in total. The summed E-state index contributed by atoms with van der Waals surface area (Å²) in [5, 5.41) is 3.37. The number of aromatic nitrogens is 3. The molecule has 1 N–H and O–H groups in total. The Morgan fingerprint density at radius 2 is 1.95 bits per heavy atom. The molecule has 0 fully saturated rings. The first-order chi connectivity index (χ1) is 10.2. The van der Waals surface area contributed by atoms with E-state index >= 15 is 0 Å². The summed E-state index contributed by atoms with van der Waals surface area (Å²) < 4.78 is 0. The van der Waals surface area contributed by atoms with E-state index in [0.717, 1.165) is 16.3 Å². The molecular weight excluding hydrogens is 284 g/mol. The maximum Gasteiger partial charge on any atom is 0.257 e. The Morgan fingerprint density at radius 3 is 2.67 bits per heavy atom. The minimum atomic E-state index is -0.196. The monoisotopic (exact) mass is 296 g/mol. The van der Waals surface area contributed by atoms with Gasteiger partial charge in [-0.2, -0.15) is 0 Å². The van der Waals surface area contributed by atoms with Crippen LogP contribution in [-0.4, -0.2) is 20.9 Å². The lowest BCUT2D eigenvalue weighted by Gasteiger charge is -2.00. The van der Waals surface area contributed by atoms with E-state index in [1.807, 2.05) is 25.1 Å². The van der Waals surface area contributed by atoms with Crippen LogP contribution in [0.1, 0.15) is 16.1 Å². The highest BCUT2D eigenvalue weighted by Gasteiger charge is 2.13. The van der Waals surface area contributed by atoms with Crippen molar-refractivity contribution in [2.24, 2.45) is 0 Å². The summed E-state index contributed by atoms with van der Waals surface area (Å²) in [4.78, 5) is 25.6. The van der Waals surface area contributed by atoms with E-state index in [-0.39, 0.29) is 5.91 Å². The van der Waals surface area contributed by atoms with Gasteiger partial charge in [0, 0.05) is 24.2 Å². The van der Waals surface area contributed by atoms with Crippen molar-refractivity contribution in [3.05, 3.63) is 60.2 Å². The molecule has 0 aliphatic rings. The van der Waals surface area contributed by atoms with Crippen molar-refractivity contribution in [3.8, 4) is 10.6 Å². The van der Waals surface area contributed by atoms with E-state index in [9.17, 15) is 4.79 Å². The second kappa shape index (κ2) is 5.80. The Kier molecular flexibility index (Phi) is 3.70. The number of aryl methyl sites for hydroxylation is 1. The summed E-state index contributed by atoms with van der Waals surface area (Å²) in [6, 6.07) is 9.04. The van der Waals surface area contributed by atoms with Crippen LogP contribution in [0.5, 0.6) is 0 Å². The molecule has 0 spiro atoms. The number of amides is 1. The number of carbonyl (C=O) groups is 1. The number of hydrogen-bond donors (Lipinski definition) is 1. The summed E-state index contributed by atoms with van der Waals surface area (Å²) in [6.45, 7) is 1.91. The quantitative estimate of drug-likeness (QED) is 0.806. The van der Waals surface area contributed by atoms with Crippen LogP contribution in [0.25, 0.3) is 10.6 Å². The highest BCUT2D eigenvalue weighted by molar-refractivity contribution is 7.19. The number of nitrogens with one attached hydrogen (secondary N) is 1. The molecule has 0 radical (unpaired) electrons. The molecular formula is C15H12N4OS. The normalized spacial score (nSPS) is 10.3. The molecule has 0 aliphatic heterocycles. The van der Waals surface area contributed by atoms with Gasteiger partial charge in [-0.1, -0.05) is 17.4 Å². The molecule has 3 aromatic heterocycles. The van der Waals surface area contributed by atoms with Gasteiger partial charge in [0.2, 0.25) is 0 Å². The predicted octanol–water partition coefficient (Wildman–Crippen LogP) is 3.16. The van der Waals surface area contributed by atoms with Crippen molar-refractivity contribution in [1.82, 2.24) is 15.0 Å². The van der Waals surface area contributed by atoms with Gasteiger partial charge in [0.25, 0.3) is 5.91 Å². The average Bonchev–Trinajstić information content (AvgIpc) is 2.89. The smallest absolute Gasteiger partial charge is 0.257 e. The molecule has 0 aromatic carbocycles. The number of rotatable bonds is 3. The minimum absolute atomic E-state index is 0.196. The van der Waals surface area contributed by atoms with Gasteiger partial charge >= 0.3 is 0 Å². The second-order valence-electron chi connectivity index (χ2n) is 4.34. The molecule has 0 atom stereocenters. The molecule has 0 unspecified atom stereocenters. The van der Waals surface area contributed by atoms with Crippen molar-refractivity contribution in [1.29, 1.82) is 0 Å². The zero-order valence-electron chi connectivity index (χ0n) is 11.3. The van der Waals surface area contributed by atoms with Crippen LogP contribution < -0.4 is 5.32 Å². The van der Waals surface area contributed by atoms with Crippen molar-refractivity contribution in [3.63, 3.8) is 0 Å². The Morgan fingerprint density at radius 1 is 1.14 bits per heavy atom. The SMILES string of the molecule is Cc1nc(NC(=O)c2ccncc2)sc1-c1ccccn1. The number of nitrogens with zero attached hydrogens (tertiary/aromatic N) is 3. The number of carbonyl (C=O) groups excluding carboxylic acids is 1. The average molecular weight is 296 g/mol. The Hall–Kier alpha value is -2.60. The summed E-state index contributed by atoms with van der Waals surface area (Å²) in [6.07, 6.45) is 4.91. The molecule has 1 amide bonds. The standard InChI is InChI=1S/C15H12N4OS/c1-10-13(12-4-2-3-7-17-12)21-15(18-10)19-14(20)11-5-8-16-9-6-11/h2-9H,1H3,(H,18,19,20). The van der Waals surface area contributed by atoms with E-state index in [1.54, 1.807) is 30.7 Å². The molecule has 104 valence electrons. The van der Waals surface area contributed by atoms with Crippen LogP contribution in [0.15, 0.2) is 48.9 Å². The fourth-order valence-electron chi connectivity index (χ4n) is 1.86. The lowest BCUT2D eigenvalue weighted by molar-refractivity contribution is 0.102. The Bertz CT molecular complexity index is 756. The summed E-state index contributed by atoms with van der Waals surface area (Å²) in [5.41, 5.74) is 2.26. The highest BCUT2D eigenvalue weighted by atomic mass is 32.1. The van der Waals surface area contributed by atoms with Gasteiger partial charge in [-0.05, 0) is 31.2 Å². The minimum Gasteiger partial charge on any atom is -0.298 e. The number of anilines is 1. The largest absolute Gasteiger partial charge is 0.298 e. The molecule has 0 saturated carbocycles. The van der Waals surface area contributed by atoms with Gasteiger partial charge in [0.1, 0.15) is 0 Å². The fourth-order valence-corrected chi connectivity index (χ4v) is 2.80. The number of pyridine rings is 2. The third kappa shape index (κ3) is 2.95.